The third-order valence-corrected chi connectivity index (χ3v) is 4.77. The second-order valence-corrected chi connectivity index (χ2v) is 6.34. The third-order valence-electron chi connectivity index (χ3n) is 4.77. The first-order valence-electron chi connectivity index (χ1n) is 7.47. The molecule has 1 aliphatic carbocycles. The molecule has 0 N–H and O–H groups in total. The Labute approximate surface area is 112 Å². The van der Waals surface area contributed by atoms with Crippen molar-refractivity contribution < 1.29 is 0 Å². The van der Waals surface area contributed by atoms with Crippen LogP contribution in [0, 0.1) is 23.2 Å². The number of piperidine rings is 1. The highest BCUT2D eigenvalue weighted by Crippen LogP contribution is 2.27. The summed E-state index contributed by atoms with van der Waals surface area (Å²) < 4.78 is 0. The number of nitrogens with zero attached hydrogens (tertiary/aromatic N) is 3. The lowest BCUT2D eigenvalue weighted by molar-refractivity contribution is 0.119. The molecular weight excluding hydrogens is 222 g/mol. The highest BCUT2D eigenvalue weighted by molar-refractivity contribution is 4.89. The van der Waals surface area contributed by atoms with Crippen LogP contribution in [0.5, 0.6) is 0 Å². The number of nitriles is 1. The molecule has 3 nitrogen and oxygen atoms in total. The number of likely N-dealkylation sites (tertiary alicyclic amines) is 1. The standard InChI is InChI=1S/C15H27N3/c1-17-9-3-4-14(11-17)12-18(2)15-7-5-13(10-16)6-8-15/h13-15H,3-9,11-12H2,1-2H3. The number of hydrogen-bond donors (Lipinski definition) is 0. The summed E-state index contributed by atoms with van der Waals surface area (Å²) in [6.45, 7) is 3.78. The van der Waals surface area contributed by atoms with Gasteiger partial charge in [0, 0.05) is 25.0 Å². The molecule has 0 aromatic carbocycles. The summed E-state index contributed by atoms with van der Waals surface area (Å²) in [5.41, 5.74) is 0. The Balaban J connectivity index is 1.74. The van der Waals surface area contributed by atoms with E-state index in [0.717, 1.165) is 24.8 Å². The zero-order chi connectivity index (χ0) is 13.0. The zero-order valence-electron chi connectivity index (χ0n) is 11.9. The Morgan fingerprint density at radius 2 is 1.94 bits per heavy atom. The van der Waals surface area contributed by atoms with E-state index in [4.69, 9.17) is 5.26 Å². The summed E-state index contributed by atoms with van der Waals surface area (Å²) in [6, 6.07) is 3.15. The predicted octanol–water partition coefficient (Wildman–Crippen LogP) is 2.34. The summed E-state index contributed by atoms with van der Waals surface area (Å²) >= 11 is 0. The maximum absolute atomic E-state index is 8.94. The van der Waals surface area contributed by atoms with Gasteiger partial charge in [0.15, 0.2) is 0 Å². The Morgan fingerprint density at radius 3 is 2.56 bits per heavy atom. The van der Waals surface area contributed by atoms with Gasteiger partial charge in [-0.1, -0.05) is 0 Å². The lowest BCUT2D eigenvalue weighted by Crippen LogP contribution is -2.42. The molecule has 0 amide bonds. The molecule has 1 aliphatic heterocycles. The van der Waals surface area contributed by atoms with E-state index in [9.17, 15) is 0 Å². The van der Waals surface area contributed by atoms with E-state index in [1.807, 2.05) is 0 Å². The second kappa shape index (κ2) is 6.54. The quantitative estimate of drug-likeness (QED) is 0.769. The molecule has 0 bridgehead atoms. The average molecular weight is 249 g/mol. The van der Waals surface area contributed by atoms with Gasteiger partial charge in [0.25, 0.3) is 0 Å². The van der Waals surface area contributed by atoms with Gasteiger partial charge in [-0.3, -0.25) is 0 Å². The summed E-state index contributed by atoms with van der Waals surface area (Å²) in [4.78, 5) is 5.03. The van der Waals surface area contributed by atoms with Crippen molar-refractivity contribution in [2.75, 3.05) is 33.7 Å². The Hall–Kier alpha value is -0.590. The zero-order valence-corrected chi connectivity index (χ0v) is 11.9. The minimum absolute atomic E-state index is 0.329. The molecule has 2 aliphatic rings. The van der Waals surface area contributed by atoms with E-state index >= 15 is 0 Å². The van der Waals surface area contributed by atoms with Crippen LogP contribution in [0.1, 0.15) is 38.5 Å². The fourth-order valence-corrected chi connectivity index (χ4v) is 3.62. The molecule has 0 aromatic rings. The van der Waals surface area contributed by atoms with Crippen LogP contribution in [0.25, 0.3) is 0 Å². The summed E-state index contributed by atoms with van der Waals surface area (Å²) in [5.74, 6) is 1.18. The van der Waals surface area contributed by atoms with E-state index in [2.05, 4.69) is 30.0 Å². The first-order valence-corrected chi connectivity index (χ1v) is 7.47. The molecule has 0 spiro atoms. The van der Waals surface area contributed by atoms with E-state index in [0.29, 0.717) is 5.92 Å². The van der Waals surface area contributed by atoms with Crippen LogP contribution in [0.2, 0.25) is 0 Å². The summed E-state index contributed by atoms with van der Waals surface area (Å²) in [5, 5.41) is 8.94. The molecule has 1 unspecified atom stereocenters. The molecule has 1 atom stereocenters. The van der Waals surface area contributed by atoms with Gasteiger partial charge in [-0.05, 0) is 65.1 Å². The number of rotatable bonds is 3. The van der Waals surface area contributed by atoms with Crippen LogP contribution in [0.4, 0.5) is 0 Å². The van der Waals surface area contributed by atoms with Gasteiger partial charge in [-0.2, -0.15) is 5.26 Å². The molecule has 1 saturated heterocycles. The van der Waals surface area contributed by atoms with Crippen LogP contribution in [0.3, 0.4) is 0 Å². The van der Waals surface area contributed by atoms with Crippen molar-refractivity contribution in [2.45, 2.75) is 44.6 Å². The highest BCUT2D eigenvalue weighted by atomic mass is 15.2. The highest BCUT2D eigenvalue weighted by Gasteiger charge is 2.26. The molecule has 18 heavy (non-hydrogen) atoms. The normalized spacial score (nSPS) is 34.4. The second-order valence-electron chi connectivity index (χ2n) is 6.34. The molecule has 0 radical (unpaired) electrons. The van der Waals surface area contributed by atoms with E-state index < -0.39 is 0 Å². The smallest absolute Gasteiger partial charge is 0.0655 e. The molecule has 2 fully saturated rings. The van der Waals surface area contributed by atoms with Gasteiger partial charge >= 0.3 is 0 Å². The fraction of sp³-hybridized carbons (Fsp3) is 0.933. The SMILES string of the molecule is CN1CCCC(CN(C)C2CCC(C#N)CC2)C1. The van der Waals surface area contributed by atoms with Gasteiger partial charge in [0.05, 0.1) is 6.07 Å². The Kier molecular flexibility index (Phi) is 5.03. The van der Waals surface area contributed by atoms with E-state index in [1.165, 1.54) is 45.3 Å². The maximum Gasteiger partial charge on any atom is 0.0655 e. The third kappa shape index (κ3) is 3.70. The lowest BCUT2D eigenvalue weighted by atomic mass is 9.86. The monoisotopic (exact) mass is 249 g/mol. The van der Waals surface area contributed by atoms with Crippen LogP contribution in [-0.2, 0) is 0 Å². The van der Waals surface area contributed by atoms with Crippen molar-refractivity contribution in [1.29, 1.82) is 5.26 Å². The van der Waals surface area contributed by atoms with Gasteiger partial charge < -0.3 is 9.80 Å². The minimum Gasteiger partial charge on any atom is -0.306 e. The maximum atomic E-state index is 8.94. The molecule has 2 rings (SSSR count). The van der Waals surface area contributed by atoms with Gasteiger partial charge in [-0.25, -0.2) is 0 Å². The van der Waals surface area contributed by atoms with Crippen molar-refractivity contribution in [2.24, 2.45) is 11.8 Å². The Morgan fingerprint density at radius 1 is 1.22 bits per heavy atom. The lowest BCUT2D eigenvalue weighted by Gasteiger charge is -2.37. The van der Waals surface area contributed by atoms with Crippen molar-refractivity contribution in [3.05, 3.63) is 0 Å². The topological polar surface area (TPSA) is 30.3 Å². The average Bonchev–Trinajstić information content (AvgIpc) is 2.39. The van der Waals surface area contributed by atoms with Crippen LogP contribution in [0.15, 0.2) is 0 Å². The van der Waals surface area contributed by atoms with Crippen molar-refractivity contribution in [3.8, 4) is 6.07 Å². The van der Waals surface area contributed by atoms with Gasteiger partial charge in [0.1, 0.15) is 0 Å². The minimum atomic E-state index is 0.329. The summed E-state index contributed by atoms with van der Waals surface area (Å²) in [7, 11) is 4.52. The largest absolute Gasteiger partial charge is 0.306 e. The molecule has 0 aromatic heterocycles. The molecule has 3 heteroatoms. The summed E-state index contributed by atoms with van der Waals surface area (Å²) in [6.07, 6.45) is 7.40. The first-order chi connectivity index (χ1) is 8.69. The van der Waals surface area contributed by atoms with Crippen molar-refractivity contribution in [1.82, 2.24) is 9.80 Å². The fourth-order valence-electron chi connectivity index (χ4n) is 3.62. The molecule has 1 saturated carbocycles. The van der Waals surface area contributed by atoms with E-state index in [-0.39, 0.29) is 0 Å². The van der Waals surface area contributed by atoms with Crippen molar-refractivity contribution >= 4 is 0 Å². The Bertz CT molecular complexity index is 289. The van der Waals surface area contributed by atoms with Gasteiger partial charge in [-0.15, -0.1) is 0 Å². The van der Waals surface area contributed by atoms with Gasteiger partial charge in [0.2, 0.25) is 0 Å². The predicted molar refractivity (Wildman–Crippen MR) is 74.2 cm³/mol. The molecule has 102 valence electrons. The molecular formula is C15H27N3. The number of hydrogen-bond acceptors (Lipinski definition) is 3. The van der Waals surface area contributed by atoms with Crippen LogP contribution >= 0.6 is 0 Å². The van der Waals surface area contributed by atoms with Crippen LogP contribution < -0.4 is 0 Å². The van der Waals surface area contributed by atoms with Crippen LogP contribution in [-0.4, -0.2) is 49.6 Å². The first kappa shape index (κ1) is 13.8. The van der Waals surface area contributed by atoms with Crippen molar-refractivity contribution in [3.63, 3.8) is 0 Å². The van der Waals surface area contributed by atoms with E-state index in [1.54, 1.807) is 0 Å². The molecule has 1 heterocycles.